The van der Waals surface area contributed by atoms with Gasteiger partial charge in [-0.25, -0.2) is 4.68 Å². The molecule has 0 bridgehead atoms. The number of carbonyl (C=O) groups is 1. The summed E-state index contributed by atoms with van der Waals surface area (Å²) in [4.78, 5) is 17.4. The van der Waals surface area contributed by atoms with Crippen LogP contribution in [0.15, 0.2) is 83.6 Å². The van der Waals surface area contributed by atoms with E-state index in [1.54, 1.807) is 24.2 Å². The predicted octanol–water partition coefficient (Wildman–Crippen LogP) is 4.90. The zero-order valence-electron chi connectivity index (χ0n) is 15.3. The summed E-state index contributed by atoms with van der Waals surface area (Å²) >= 11 is 3.37. The Hall–Kier alpha value is -3.12. The summed E-state index contributed by atoms with van der Waals surface area (Å²) in [6, 6.07) is 21.8. The molecule has 2 heterocycles. The Kier molecular flexibility index (Phi) is 5.12. The molecule has 1 N–H and O–H groups in total. The maximum atomic E-state index is 12.7. The van der Waals surface area contributed by atoms with Crippen molar-refractivity contribution in [2.24, 2.45) is 0 Å². The van der Waals surface area contributed by atoms with Crippen molar-refractivity contribution in [3.63, 3.8) is 0 Å². The Morgan fingerprint density at radius 1 is 1.11 bits per heavy atom. The number of hydrogen-bond acceptors (Lipinski definition) is 2. The average Bonchev–Trinajstić information content (AvgIpc) is 3.35. The minimum atomic E-state index is -0.0721. The number of nitrogens with one attached hydrogen (secondary N) is 1. The third kappa shape index (κ3) is 3.77. The lowest BCUT2D eigenvalue weighted by Crippen LogP contribution is -2.26. The van der Waals surface area contributed by atoms with E-state index in [-0.39, 0.29) is 5.91 Å². The molecule has 6 heteroatoms. The molecule has 28 heavy (non-hydrogen) atoms. The molecule has 2 aromatic carbocycles. The molecule has 0 radical (unpaired) electrons. The maximum absolute atomic E-state index is 12.7. The van der Waals surface area contributed by atoms with E-state index in [1.807, 2.05) is 71.5 Å². The van der Waals surface area contributed by atoms with Crippen LogP contribution in [0, 0.1) is 0 Å². The fraction of sp³-hybridized carbons (Fsp3) is 0.0909. The van der Waals surface area contributed by atoms with E-state index in [0.29, 0.717) is 12.2 Å². The van der Waals surface area contributed by atoms with Gasteiger partial charge in [-0.05, 0) is 34.1 Å². The topological polar surface area (TPSA) is 53.9 Å². The molecule has 4 rings (SSSR count). The van der Waals surface area contributed by atoms with Crippen LogP contribution in [-0.4, -0.2) is 32.6 Å². The molecule has 0 saturated carbocycles. The number of aromatic nitrogens is 3. The first-order valence-electron chi connectivity index (χ1n) is 8.90. The lowest BCUT2D eigenvalue weighted by Gasteiger charge is -2.16. The summed E-state index contributed by atoms with van der Waals surface area (Å²) in [6.07, 6.45) is 3.75. The van der Waals surface area contributed by atoms with Crippen molar-refractivity contribution in [1.82, 2.24) is 19.7 Å². The molecule has 140 valence electrons. The quantitative estimate of drug-likeness (QED) is 0.485. The van der Waals surface area contributed by atoms with E-state index in [2.05, 4.69) is 20.9 Å². The van der Waals surface area contributed by atoms with Gasteiger partial charge in [-0.1, -0.05) is 48.5 Å². The molecular weight excluding hydrogens is 416 g/mol. The first-order chi connectivity index (χ1) is 13.6. The van der Waals surface area contributed by atoms with Gasteiger partial charge in [-0.3, -0.25) is 4.79 Å². The van der Waals surface area contributed by atoms with E-state index in [9.17, 15) is 4.79 Å². The van der Waals surface area contributed by atoms with Gasteiger partial charge < -0.3 is 9.88 Å². The van der Waals surface area contributed by atoms with Gasteiger partial charge in [0.25, 0.3) is 5.91 Å². The molecule has 0 aliphatic heterocycles. The standard InChI is InChI=1S/C22H19BrN4O/c1-26(22(28)20-12-18(23)13-24-20)14-17-15-27(19-10-6-3-7-11-19)25-21(17)16-8-4-2-5-9-16/h2-13,15,24H,14H2,1H3. The maximum Gasteiger partial charge on any atom is 0.270 e. The van der Waals surface area contributed by atoms with Crippen molar-refractivity contribution >= 4 is 21.8 Å². The van der Waals surface area contributed by atoms with Gasteiger partial charge >= 0.3 is 0 Å². The first-order valence-corrected chi connectivity index (χ1v) is 9.70. The average molecular weight is 435 g/mol. The molecule has 0 saturated heterocycles. The second-order valence-corrected chi connectivity index (χ2v) is 7.46. The van der Waals surface area contributed by atoms with E-state index in [0.717, 1.165) is 27.0 Å². The van der Waals surface area contributed by atoms with Gasteiger partial charge in [0, 0.05) is 41.6 Å². The number of rotatable bonds is 5. The highest BCUT2D eigenvalue weighted by Crippen LogP contribution is 2.25. The fourth-order valence-electron chi connectivity index (χ4n) is 3.10. The van der Waals surface area contributed by atoms with Crippen LogP contribution in [0.4, 0.5) is 0 Å². The third-order valence-electron chi connectivity index (χ3n) is 4.49. The van der Waals surface area contributed by atoms with Gasteiger partial charge in [-0.15, -0.1) is 0 Å². The Balaban J connectivity index is 1.68. The first kappa shape index (κ1) is 18.3. The molecule has 0 unspecified atom stereocenters. The van der Waals surface area contributed by atoms with Gasteiger partial charge in [0.2, 0.25) is 0 Å². The number of benzene rings is 2. The van der Waals surface area contributed by atoms with Crippen LogP contribution >= 0.6 is 15.9 Å². The summed E-state index contributed by atoms with van der Waals surface area (Å²) < 4.78 is 2.72. The fourth-order valence-corrected chi connectivity index (χ4v) is 3.45. The summed E-state index contributed by atoms with van der Waals surface area (Å²) in [5.74, 6) is -0.0721. The van der Waals surface area contributed by atoms with Gasteiger partial charge in [0.1, 0.15) is 5.69 Å². The minimum Gasteiger partial charge on any atom is -0.356 e. The van der Waals surface area contributed by atoms with Crippen molar-refractivity contribution in [3.8, 4) is 16.9 Å². The van der Waals surface area contributed by atoms with Crippen LogP contribution in [0.1, 0.15) is 16.1 Å². The van der Waals surface area contributed by atoms with Crippen molar-refractivity contribution < 1.29 is 4.79 Å². The van der Waals surface area contributed by atoms with Crippen molar-refractivity contribution in [3.05, 3.63) is 94.9 Å². The van der Waals surface area contributed by atoms with E-state index >= 15 is 0 Å². The van der Waals surface area contributed by atoms with Crippen LogP contribution in [0.5, 0.6) is 0 Å². The molecular formula is C22H19BrN4O. The molecule has 4 aromatic rings. The number of aromatic amines is 1. The minimum absolute atomic E-state index is 0.0721. The van der Waals surface area contributed by atoms with Gasteiger partial charge in [0.05, 0.1) is 11.4 Å². The molecule has 0 atom stereocenters. The van der Waals surface area contributed by atoms with Crippen molar-refractivity contribution in [2.45, 2.75) is 6.54 Å². The largest absolute Gasteiger partial charge is 0.356 e. The highest BCUT2D eigenvalue weighted by Gasteiger charge is 2.18. The second-order valence-electron chi connectivity index (χ2n) is 6.54. The smallest absolute Gasteiger partial charge is 0.270 e. The van der Waals surface area contributed by atoms with E-state index in [4.69, 9.17) is 5.10 Å². The summed E-state index contributed by atoms with van der Waals surface area (Å²) in [5, 5.41) is 4.80. The monoisotopic (exact) mass is 434 g/mol. The number of nitrogens with zero attached hydrogens (tertiary/aromatic N) is 3. The summed E-state index contributed by atoms with van der Waals surface area (Å²) in [5.41, 5.74) is 4.41. The number of hydrogen-bond donors (Lipinski definition) is 1. The van der Waals surface area contributed by atoms with Gasteiger partial charge in [-0.2, -0.15) is 5.10 Å². The zero-order chi connectivity index (χ0) is 19.5. The number of amides is 1. The van der Waals surface area contributed by atoms with Crippen LogP contribution in [-0.2, 0) is 6.54 Å². The third-order valence-corrected chi connectivity index (χ3v) is 4.95. The van der Waals surface area contributed by atoms with Gasteiger partial charge in [0.15, 0.2) is 0 Å². The Labute approximate surface area is 171 Å². The number of halogens is 1. The van der Waals surface area contributed by atoms with Crippen LogP contribution in [0.2, 0.25) is 0 Å². The lowest BCUT2D eigenvalue weighted by molar-refractivity contribution is 0.0780. The summed E-state index contributed by atoms with van der Waals surface area (Å²) in [7, 11) is 1.80. The molecule has 0 fully saturated rings. The zero-order valence-corrected chi connectivity index (χ0v) is 16.9. The SMILES string of the molecule is CN(Cc1cn(-c2ccccc2)nc1-c1ccccc1)C(=O)c1cc(Br)c[nH]1. The molecule has 2 aromatic heterocycles. The Morgan fingerprint density at radius 2 is 1.79 bits per heavy atom. The summed E-state index contributed by atoms with van der Waals surface area (Å²) in [6.45, 7) is 0.451. The van der Waals surface area contributed by atoms with Crippen LogP contribution in [0.3, 0.4) is 0 Å². The Morgan fingerprint density at radius 3 is 2.43 bits per heavy atom. The van der Waals surface area contributed by atoms with Crippen molar-refractivity contribution in [1.29, 1.82) is 0 Å². The predicted molar refractivity (Wildman–Crippen MR) is 113 cm³/mol. The number of para-hydroxylation sites is 1. The highest BCUT2D eigenvalue weighted by molar-refractivity contribution is 9.10. The highest BCUT2D eigenvalue weighted by atomic mass is 79.9. The second kappa shape index (κ2) is 7.86. The van der Waals surface area contributed by atoms with Crippen LogP contribution in [0.25, 0.3) is 16.9 Å². The number of carbonyl (C=O) groups excluding carboxylic acids is 1. The lowest BCUT2D eigenvalue weighted by atomic mass is 10.1. The Bertz CT molecular complexity index is 1090. The molecule has 1 amide bonds. The van der Waals surface area contributed by atoms with E-state index in [1.165, 1.54) is 0 Å². The normalized spacial score (nSPS) is 10.8. The molecule has 0 spiro atoms. The molecule has 0 aliphatic carbocycles. The molecule has 0 aliphatic rings. The van der Waals surface area contributed by atoms with Crippen LogP contribution < -0.4 is 0 Å². The van der Waals surface area contributed by atoms with E-state index < -0.39 is 0 Å². The molecule has 5 nitrogen and oxygen atoms in total. The van der Waals surface area contributed by atoms with Crippen molar-refractivity contribution in [2.75, 3.05) is 7.05 Å². The number of H-pyrrole nitrogens is 1.